The summed E-state index contributed by atoms with van der Waals surface area (Å²) in [6, 6.07) is 9.75. The first kappa shape index (κ1) is 18.7. The third kappa shape index (κ3) is 5.77. The zero-order valence-electron chi connectivity index (χ0n) is 14.7. The molecule has 0 amide bonds. The number of nitrogens with zero attached hydrogens (tertiary/aromatic N) is 1. The van der Waals surface area contributed by atoms with E-state index < -0.39 is 8.32 Å². The maximum atomic E-state index is 12.2. The van der Waals surface area contributed by atoms with E-state index in [1.807, 2.05) is 49.4 Å². The Hall–Kier alpha value is -1.39. The van der Waals surface area contributed by atoms with Gasteiger partial charge >= 0.3 is 0 Å². The van der Waals surface area contributed by atoms with E-state index in [2.05, 4.69) is 33.9 Å². The Kier molecular flexibility index (Phi) is 6.57. The molecule has 1 atom stereocenters. The summed E-state index contributed by atoms with van der Waals surface area (Å²) in [6.45, 7) is 13.3. The number of hydrogen-bond donors (Lipinski definition) is 0. The summed E-state index contributed by atoms with van der Waals surface area (Å²) in [6.07, 6.45) is 5.24. The number of rotatable bonds is 6. The second kappa shape index (κ2) is 7.74. The van der Waals surface area contributed by atoms with Crippen LogP contribution in [0.25, 0.3) is 0 Å². The molecule has 0 spiro atoms. The maximum absolute atomic E-state index is 12.2. The lowest BCUT2D eigenvalue weighted by atomic mass is 10.2. The molecule has 0 heterocycles. The third-order valence-electron chi connectivity index (χ3n) is 4.11. The highest BCUT2D eigenvalue weighted by atomic mass is 28.4. The van der Waals surface area contributed by atoms with Gasteiger partial charge in [-0.3, -0.25) is 0 Å². The lowest BCUT2D eigenvalue weighted by Crippen LogP contribution is -2.44. The lowest BCUT2D eigenvalue weighted by Gasteiger charge is -2.37. The van der Waals surface area contributed by atoms with Crippen molar-refractivity contribution in [2.24, 2.45) is 0 Å². The summed E-state index contributed by atoms with van der Waals surface area (Å²) in [4.78, 5) is 0. The first-order valence-electron chi connectivity index (χ1n) is 7.79. The molecule has 1 rings (SSSR count). The first-order valence-corrected chi connectivity index (χ1v) is 10.7. The molecule has 0 bridgehead atoms. The molecule has 1 aromatic rings. The zero-order chi connectivity index (χ0) is 16.8. The molecule has 1 aromatic carbocycles. The van der Waals surface area contributed by atoms with Gasteiger partial charge in [-0.2, -0.15) is 0 Å². The Labute approximate surface area is 136 Å². The van der Waals surface area contributed by atoms with Crippen LogP contribution in [-0.2, 0) is 11.0 Å². The number of allylic oxidation sites excluding steroid dienone is 1. The predicted octanol–water partition coefficient (Wildman–Crippen LogP) is 4.73. The second-order valence-corrected chi connectivity index (χ2v) is 11.8. The van der Waals surface area contributed by atoms with Crippen LogP contribution in [0, 0.1) is 5.21 Å². The van der Waals surface area contributed by atoms with Crippen molar-refractivity contribution in [2.75, 3.05) is 0 Å². The largest absolute Gasteiger partial charge is 0.624 e. The van der Waals surface area contributed by atoms with Crippen LogP contribution < -0.4 is 0 Å². The van der Waals surface area contributed by atoms with Crippen LogP contribution in [0.15, 0.2) is 42.5 Å². The van der Waals surface area contributed by atoms with Crippen LogP contribution in [0.4, 0.5) is 0 Å². The van der Waals surface area contributed by atoms with Crippen LogP contribution in [-0.4, -0.2) is 25.4 Å². The van der Waals surface area contributed by atoms with Crippen LogP contribution in [0.5, 0.6) is 0 Å². The molecule has 0 aliphatic carbocycles. The lowest BCUT2D eigenvalue weighted by molar-refractivity contribution is -0.472. The molecule has 0 radical (unpaired) electrons. The van der Waals surface area contributed by atoms with Gasteiger partial charge in [0.1, 0.15) is 6.10 Å². The molecule has 0 fully saturated rings. The molecule has 22 heavy (non-hydrogen) atoms. The van der Waals surface area contributed by atoms with Gasteiger partial charge in [-0.15, -0.1) is 0 Å². The standard InChI is InChI=1S/C18H29NO2Si/c1-7-11-17(21-22(5,6)18(2,3)4)15-19(20)14-16-12-9-8-10-13-16/h7-13,15,17H,14H2,1-6H3/b11-7+,19-15-/t17-/m1/s1. The summed E-state index contributed by atoms with van der Waals surface area (Å²) in [7, 11) is -1.91. The van der Waals surface area contributed by atoms with E-state index in [-0.39, 0.29) is 11.1 Å². The molecular weight excluding hydrogens is 290 g/mol. The molecule has 0 aliphatic rings. The van der Waals surface area contributed by atoms with Gasteiger partial charge in [-0.1, -0.05) is 63.3 Å². The molecule has 0 saturated carbocycles. The van der Waals surface area contributed by atoms with Gasteiger partial charge in [0.05, 0.1) is 0 Å². The summed E-state index contributed by atoms with van der Waals surface area (Å²) >= 11 is 0. The van der Waals surface area contributed by atoms with E-state index in [0.29, 0.717) is 6.54 Å². The van der Waals surface area contributed by atoms with E-state index in [1.165, 1.54) is 0 Å². The number of hydrogen-bond acceptors (Lipinski definition) is 2. The minimum atomic E-state index is -1.91. The Morgan fingerprint density at radius 2 is 1.82 bits per heavy atom. The van der Waals surface area contributed by atoms with E-state index in [0.717, 1.165) is 10.3 Å². The van der Waals surface area contributed by atoms with Crippen LogP contribution >= 0.6 is 0 Å². The van der Waals surface area contributed by atoms with Crippen molar-refractivity contribution in [2.45, 2.75) is 58.5 Å². The van der Waals surface area contributed by atoms with E-state index in [4.69, 9.17) is 4.43 Å². The van der Waals surface area contributed by atoms with Gasteiger partial charge in [-0.25, -0.2) is 4.74 Å². The van der Waals surface area contributed by atoms with E-state index in [1.54, 1.807) is 6.21 Å². The molecule has 0 N–H and O–H groups in total. The minimum absolute atomic E-state index is 0.119. The molecule has 3 nitrogen and oxygen atoms in total. The van der Waals surface area contributed by atoms with Crippen molar-refractivity contribution in [3.63, 3.8) is 0 Å². The second-order valence-electron chi connectivity index (χ2n) is 7.08. The highest BCUT2D eigenvalue weighted by molar-refractivity contribution is 6.74. The van der Waals surface area contributed by atoms with Crippen molar-refractivity contribution in [1.82, 2.24) is 0 Å². The highest BCUT2D eigenvalue weighted by Crippen LogP contribution is 2.37. The quantitative estimate of drug-likeness (QED) is 0.190. The number of benzene rings is 1. The molecule has 0 aromatic heterocycles. The zero-order valence-corrected chi connectivity index (χ0v) is 15.7. The van der Waals surface area contributed by atoms with Gasteiger partial charge in [0.2, 0.25) is 0 Å². The molecule has 122 valence electrons. The SMILES string of the molecule is C/C=C/[C@H](/C=[N+](\[O-])Cc1ccccc1)O[Si](C)(C)C(C)(C)C. The summed E-state index contributed by atoms with van der Waals surface area (Å²) in [5.74, 6) is 0. The number of hydroxylamine groups is 1. The Balaban J connectivity index is 2.85. The van der Waals surface area contributed by atoms with Crippen LogP contribution in [0.3, 0.4) is 0 Å². The predicted molar refractivity (Wildman–Crippen MR) is 96.7 cm³/mol. The topological polar surface area (TPSA) is 35.3 Å². The molecule has 0 saturated heterocycles. The fourth-order valence-corrected chi connectivity index (χ4v) is 2.98. The van der Waals surface area contributed by atoms with E-state index >= 15 is 0 Å². The average Bonchev–Trinajstić information content (AvgIpc) is 2.38. The Morgan fingerprint density at radius 3 is 2.32 bits per heavy atom. The van der Waals surface area contributed by atoms with Crippen LogP contribution in [0.1, 0.15) is 33.3 Å². The van der Waals surface area contributed by atoms with Gasteiger partial charge in [0.25, 0.3) is 0 Å². The third-order valence-corrected chi connectivity index (χ3v) is 8.59. The average molecular weight is 320 g/mol. The Bertz CT molecular complexity index is 516. The molecule has 0 unspecified atom stereocenters. The molecule has 4 heteroatoms. The van der Waals surface area contributed by atoms with E-state index in [9.17, 15) is 5.21 Å². The van der Waals surface area contributed by atoms with Gasteiger partial charge < -0.3 is 9.63 Å². The van der Waals surface area contributed by atoms with Crippen LogP contribution in [0.2, 0.25) is 18.1 Å². The van der Waals surface area contributed by atoms with Crippen molar-refractivity contribution in [1.29, 1.82) is 0 Å². The summed E-state index contributed by atoms with van der Waals surface area (Å²) in [5, 5.41) is 12.3. The van der Waals surface area contributed by atoms with Crippen molar-refractivity contribution < 1.29 is 9.16 Å². The molecule has 0 aliphatic heterocycles. The fraction of sp³-hybridized carbons (Fsp3) is 0.500. The Morgan fingerprint density at radius 1 is 1.23 bits per heavy atom. The smallest absolute Gasteiger partial charge is 0.193 e. The van der Waals surface area contributed by atoms with Crippen molar-refractivity contribution >= 4 is 14.5 Å². The minimum Gasteiger partial charge on any atom is -0.624 e. The fourth-order valence-electron chi connectivity index (χ4n) is 1.81. The monoisotopic (exact) mass is 319 g/mol. The highest BCUT2D eigenvalue weighted by Gasteiger charge is 2.39. The normalized spacial score (nSPS) is 15.3. The summed E-state index contributed by atoms with van der Waals surface area (Å²) < 4.78 is 7.27. The summed E-state index contributed by atoms with van der Waals surface area (Å²) in [5.41, 5.74) is 1.00. The maximum Gasteiger partial charge on any atom is 0.193 e. The van der Waals surface area contributed by atoms with Gasteiger partial charge in [0, 0.05) is 5.56 Å². The first-order chi connectivity index (χ1) is 10.2. The van der Waals surface area contributed by atoms with Gasteiger partial charge in [0.15, 0.2) is 21.1 Å². The molecular formula is C18H29NO2Si. The van der Waals surface area contributed by atoms with Crippen molar-refractivity contribution in [3.05, 3.63) is 53.3 Å². The van der Waals surface area contributed by atoms with Gasteiger partial charge in [-0.05, 0) is 25.1 Å². The van der Waals surface area contributed by atoms with Crippen molar-refractivity contribution in [3.8, 4) is 0 Å².